The van der Waals surface area contributed by atoms with Crippen molar-refractivity contribution in [1.29, 1.82) is 0 Å². The minimum absolute atomic E-state index is 0.473. The van der Waals surface area contributed by atoms with Gasteiger partial charge in [-0.15, -0.1) is 0 Å². The molecule has 0 amide bonds. The second-order valence-corrected chi connectivity index (χ2v) is 7.42. The number of benzene rings is 3. The topological polar surface area (TPSA) is 0 Å². The first kappa shape index (κ1) is 17.1. The first-order valence-corrected chi connectivity index (χ1v) is 9.92. The van der Waals surface area contributed by atoms with E-state index >= 15 is 0 Å². The van der Waals surface area contributed by atoms with E-state index in [1.165, 1.54) is 16.7 Å². The molecule has 0 spiro atoms. The molecule has 1 heteroatoms. The summed E-state index contributed by atoms with van der Waals surface area (Å²) < 4.78 is 0. The van der Waals surface area contributed by atoms with E-state index in [-0.39, 0.29) is 0 Å². The molecule has 0 radical (unpaired) electrons. The summed E-state index contributed by atoms with van der Waals surface area (Å²) in [4.78, 5) is 0. The van der Waals surface area contributed by atoms with Gasteiger partial charge in [0.15, 0.2) is 0 Å². The zero-order valence-corrected chi connectivity index (χ0v) is 15.0. The molecule has 0 aliphatic heterocycles. The highest BCUT2D eigenvalue weighted by atomic mass is 31.1. The highest BCUT2D eigenvalue weighted by Gasteiger charge is 1.95. The second-order valence-electron chi connectivity index (χ2n) is 5.63. The van der Waals surface area contributed by atoms with Crippen molar-refractivity contribution in [2.75, 3.05) is 0 Å². The zero-order valence-electron chi connectivity index (χ0n) is 14.1. The van der Waals surface area contributed by atoms with Gasteiger partial charge in [0.1, 0.15) is 0 Å². The van der Waals surface area contributed by atoms with Crippen LogP contribution < -0.4 is 0 Å². The summed E-state index contributed by atoms with van der Waals surface area (Å²) in [5, 5.41) is 0. The Hall–Kier alpha value is -2.69. The maximum absolute atomic E-state index is 2.30. The van der Waals surface area contributed by atoms with Gasteiger partial charge >= 0.3 is 0 Å². The van der Waals surface area contributed by atoms with E-state index in [1.807, 2.05) is 18.2 Å². The highest BCUT2D eigenvalue weighted by molar-refractivity contribution is 7.67. The summed E-state index contributed by atoms with van der Waals surface area (Å²) in [6.07, 6.45) is 6.61. The molecular weight excluding hydrogens is 319 g/mol. The van der Waals surface area contributed by atoms with Gasteiger partial charge in [-0.25, -0.2) is 0 Å². The van der Waals surface area contributed by atoms with Crippen LogP contribution in [0.2, 0.25) is 0 Å². The summed E-state index contributed by atoms with van der Waals surface area (Å²) in [6, 6.07) is 31.3. The van der Waals surface area contributed by atoms with Gasteiger partial charge in [0, 0.05) is 0 Å². The van der Waals surface area contributed by atoms with Gasteiger partial charge in [-0.3, -0.25) is 0 Å². The monoisotopic (exact) mass is 340 g/mol. The summed E-state index contributed by atoms with van der Waals surface area (Å²) in [7, 11) is -0.473. The lowest BCUT2D eigenvalue weighted by Crippen LogP contribution is -1.70. The molecule has 0 aliphatic rings. The molecule has 122 valence electrons. The molecule has 0 heterocycles. The van der Waals surface area contributed by atoms with Gasteiger partial charge in [0.25, 0.3) is 0 Å². The maximum atomic E-state index is 2.30. The third-order valence-corrected chi connectivity index (χ3v) is 5.20. The van der Waals surface area contributed by atoms with Gasteiger partial charge in [-0.2, -0.15) is 0 Å². The largest absolute Gasteiger partial charge is 0.0622 e. The van der Waals surface area contributed by atoms with Crippen molar-refractivity contribution < 1.29 is 0 Å². The summed E-state index contributed by atoms with van der Waals surface area (Å²) in [5.74, 6) is 6.89. The first-order chi connectivity index (χ1) is 12.4. The summed E-state index contributed by atoms with van der Waals surface area (Å²) >= 11 is 0. The van der Waals surface area contributed by atoms with Gasteiger partial charge in [-0.05, 0) is 24.6 Å². The van der Waals surface area contributed by atoms with E-state index in [4.69, 9.17) is 0 Å². The Balaban J connectivity index is 1.79. The predicted molar refractivity (Wildman–Crippen MR) is 113 cm³/mol. The van der Waals surface area contributed by atoms with Crippen LogP contribution in [-0.4, -0.2) is 0 Å². The fourth-order valence-electron chi connectivity index (χ4n) is 2.36. The molecule has 0 saturated heterocycles. The molecule has 0 N–H and O–H groups in total. The smallest absolute Gasteiger partial charge is 0.0256 e. The van der Waals surface area contributed by atoms with Crippen molar-refractivity contribution in [2.24, 2.45) is 0 Å². The Morgan fingerprint density at radius 3 is 0.960 bits per heavy atom. The zero-order chi connectivity index (χ0) is 17.2. The van der Waals surface area contributed by atoms with E-state index in [9.17, 15) is 0 Å². The first-order valence-electron chi connectivity index (χ1n) is 8.37. The van der Waals surface area contributed by atoms with Gasteiger partial charge in [0.05, 0.1) is 0 Å². The molecule has 0 fully saturated rings. The third kappa shape index (κ3) is 6.03. The van der Waals surface area contributed by atoms with E-state index in [0.717, 1.165) is 0 Å². The van der Waals surface area contributed by atoms with Crippen LogP contribution in [0.4, 0.5) is 0 Å². The van der Waals surface area contributed by atoms with Crippen LogP contribution in [0, 0.1) is 0 Å². The van der Waals surface area contributed by atoms with E-state index in [0.29, 0.717) is 0 Å². The lowest BCUT2D eigenvalue weighted by Gasteiger charge is -2.03. The molecule has 0 nitrogen and oxygen atoms in total. The van der Waals surface area contributed by atoms with Gasteiger partial charge < -0.3 is 0 Å². The van der Waals surface area contributed by atoms with Crippen LogP contribution >= 0.6 is 7.92 Å². The quantitative estimate of drug-likeness (QED) is 0.408. The van der Waals surface area contributed by atoms with Crippen molar-refractivity contribution in [3.8, 4) is 0 Å². The van der Waals surface area contributed by atoms with E-state index < -0.39 is 7.92 Å². The molecule has 3 aromatic rings. The van der Waals surface area contributed by atoms with Crippen molar-refractivity contribution in [1.82, 2.24) is 0 Å². The minimum atomic E-state index is -0.473. The average Bonchev–Trinajstić information content (AvgIpc) is 2.70. The minimum Gasteiger partial charge on any atom is -0.0622 e. The Morgan fingerprint density at radius 2 is 0.680 bits per heavy atom. The number of hydrogen-bond donors (Lipinski definition) is 0. The normalized spacial score (nSPS) is 11.9. The fraction of sp³-hybridized carbons (Fsp3) is 0. The molecule has 25 heavy (non-hydrogen) atoms. The Kier molecular flexibility index (Phi) is 6.56. The van der Waals surface area contributed by atoms with Gasteiger partial charge in [0.2, 0.25) is 0 Å². The third-order valence-electron chi connectivity index (χ3n) is 3.72. The van der Waals surface area contributed by atoms with E-state index in [1.54, 1.807) is 0 Å². The summed E-state index contributed by atoms with van der Waals surface area (Å²) in [5.41, 5.74) is 3.70. The van der Waals surface area contributed by atoms with Gasteiger partial charge in [-0.1, -0.05) is 127 Å². The van der Waals surface area contributed by atoms with Crippen LogP contribution in [-0.2, 0) is 0 Å². The van der Waals surface area contributed by atoms with Crippen LogP contribution in [0.3, 0.4) is 0 Å². The Morgan fingerprint density at radius 1 is 0.400 bits per heavy atom. The molecule has 3 rings (SSSR count). The van der Waals surface area contributed by atoms with E-state index in [2.05, 4.69) is 108 Å². The lowest BCUT2D eigenvalue weighted by atomic mass is 10.2. The Bertz CT molecular complexity index is 713. The van der Waals surface area contributed by atoms with Crippen LogP contribution in [0.15, 0.2) is 108 Å². The van der Waals surface area contributed by atoms with Crippen molar-refractivity contribution >= 4 is 26.1 Å². The van der Waals surface area contributed by atoms with Crippen molar-refractivity contribution in [3.63, 3.8) is 0 Å². The molecular formula is C24H21P. The maximum Gasteiger partial charge on any atom is -0.0256 e. The Labute approximate surface area is 151 Å². The fourth-order valence-corrected chi connectivity index (χ4v) is 3.69. The molecule has 0 bridgehead atoms. The molecule has 0 aromatic heterocycles. The van der Waals surface area contributed by atoms with Crippen LogP contribution in [0.5, 0.6) is 0 Å². The van der Waals surface area contributed by atoms with Crippen molar-refractivity contribution in [2.45, 2.75) is 0 Å². The van der Waals surface area contributed by atoms with Crippen LogP contribution in [0.1, 0.15) is 16.7 Å². The molecule has 3 aromatic carbocycles. The van der Waals surface area contributed by atoms with Crippen molar-refractivity contribution in [3.05, 3.63) is 125 Å². The summed E-state index contributed by atoms with van der Waals surface area (Å²) in [6.45, 7) is 0. The van der Waals surface area contributed by atoms with Crippen LogP contribution in [0.25, 0.3) is 18.2 Å². The second kappa shape index (κ2) is 9.57. The molecule has 0 unspecified atom stereocenters. The predicted octanol–water partition coefficient (Wildman–Crippen LogP) is 7.48. The number of rotatable bonds is 6. The lowest BCUT2D eigenvalue weighted by molar-refractivity contribution is 1.66. The highest BCUT2D eigenvalue weighted by Crippen LogP contribution is 2.42. The molecule has 0 atom stereocenters. The SMILES string of the molecule is C(=C/P(/C=C\c1ccccc1)/C=C\c1ccccc1)/c1ccccc1. The standard InChI is InChI=1S/C24H21P/c1-4-10-22(11-5-1)16-19-25(20-17-23-12-6-2-7-13-23)21-18-24-14-8-3-9-15-24/h1-21H/b19-16-,20-17-,21-18-. The average molecular weight is 340 g/mol. The molecule has 0 saturated carbocycles. The molecule has 0 aliphatic carbocycles. The number of hydrogen-bond acceptors (Lipinski definition) is 0.